The first-order chi connectivity index (χ1) is 8.99. The summed E-state index contributed by atoms with van der Waals surface area (Å²) in [6.45, 7) is 6.23. The minimum absolute atomic E-state index is 0.0585. The Bertz CT molecular complexity index is 604. The second-order valence-corrected chi connectivity index (χ2v) is 5.00. The number of benzene rings is 2. The van der Waals surface area contributed by atoms with Crippen LogP contribution in [0.1, 0.15) is 22.3 Å². The highest BCUT2D eigenvalue weighted by atomic mass is 16.4. The first-order valence-electron chi connectivity index (χ1n) is 6.37. The predicted molar refractivity (Wildman–Crippen MR) is 77.4 cm³/mol. The number of hydrogen-bond donors (Lipinski definition) is 1. The van der Waals surface area contributed by atoms with Gasteiger partial charge in [-0.1, -0.05) is 42.0 Å². The lowest BCUT2D eigenvalue weighted by molar-refractivity contribution is -0.136. The zero-order valence-corrected chi connectivity index (χ0v) is 11.5. The van der Waals surface area contributed by atoms with Gasteiger partial charge in [-0.05, 0) is 48.6 Å². The van der Waals surface area contributed by atoms with E-state index in [-0.39, 0.29) is 6.42 Å². The van der Waals surface area contributed by atoms with E-state index < -0.39 is 5.97 Å². The van der Waals surface area contributed by atoms with Crippen molar-refractivity contribution >= 4 is 5.97 Å². The van der Waals surface area contributed by atoms with Gasteiger partial charge >= 0.3 is 5.97 Å². The third kappa shape index (κ3) is 2.84. The first kappa shape index (κ1) is 13.3. The van der Waals surface area contributed by atoms with Crippen molar-refractivity contribution in [1.29, 1.82) is 0 Å². The second kappa shape index (κ2) is 5.27. The van der Waals surface area contributed by atoms with Crippen LogP contribution in [-0.4, -0.2) is 11.1 Å². The largest absolute Gasteiger partial charge is 0.481 e. The highest BCUT2D eigenvalue weighted by Gasteiger charge is 2.12. The molecule has 98 valence electrons. The summed E-state index contributed by atoms with van der Waals surface area (Å²) in [6, 6.07) is 12.0. The molecule has 0 spiro atoms. The summed E-state index contributed by atoms with van der Waals surface area (Å²) >= 11 is 0. The number of aliphatic carboxylic acids is 1. The number of hydrogen-bond acceptors (Lipinski definition) is 1. The van der Waals surface area contributed by atoms with Crippen molar-refractivity contribution in [2.75, 3.05) is 0 Å². The van der Waals surface area contributed by atoms with E-state index in [4.69, 9.17) is 5.11 Å². The summed E-state index contributed by atoms with van der Waals surface area (Å²) in [6.07, 6.45) is 0.0585. The van der Waals surface area contributed by atoms with Crippen LogP contribution in [0.5, 0.6) is 0 Å². The highest BCUT2D eigenvalue weighted by Crippen LogP contribution is 2.31. The highest BCUT2D eigenvalue weighted by molar-refractivity contribution is 5.79. The molecule has 0 saturated carbocycles. The zero-order chi connectivity index (χ0) is 14.0. The van der Waals surface area contributed by atoms with Crippen LogP contribution in [-0.2, 0) is 11.2 Å². The zero-order valence-electron chi connectivity index (χ0n) is 11.5. The molecule has 2 aromatic carbocycles. The smallest absolute Gasteiger partial charge is 0.307 e. The van der Waals surface area contributed by atoms with Gasteiger partial charge in [0.15, 0.2) is 0 Å². The predicted octanol–water partition coefficient (Wildman–Crippen LogP) is 3.91. The molecule has 0 aromatic heterocycles. The van der Waals surface area contributed by atoms with Crippen molar-refractivity contribution in [2.45, 2.75) is 27.2 Å². The van der Waals surface area contributed by atoms with Crippen LogP contribution in [0.3, 0.4) is 0 Å². The third-order valence-corrected chi connectivity index (χ3v) is 3.31. The van der Waals surface area contributed by atoms with Gasteiger partial charge < -0.3 is 5.11 Å². The van der Waals surface area contributed by atoms with Crippen molar-refractivity contribution in [2.24, 2.45) is 0 Å². The fourth-order valence-corrected chi connectivity index (χ4v) is 2.69. The lowest BCUT2D eigenvalue weighted by atomic mass is 9.90. The number of carboxylic acid groups (broad SMARTS) is 1. The van der Waals surface area contributed by atoms with E-state index in [2.05, 4.69) is 32.9 Å². The van der Waals surface area contributed by atoms with Gasteiger partial charge in [0, 0.05) is 0 Å². The topological polar surface area (TPSA) is 37.3 Å². The quantitative estimate of drug-likeness (QED) is 0.901. The molecule has 0 aliphatic carbocycles. The minimum atomic E-state index is -0.796. The maximum Gasteiger partial charge on any atom is 0.307 e. The van der Waals surface area contributed by atoms with Gasteiger partial charge in [-0.2, -0.15) is 0 Å². The van der Waals surface area contributed by atoms with Crippen molar-refractivity contribution < 1.29 is 9.90 Å². The van der Waals surface area contributed by atoms with E-state index in [1.165, 1.54) is 16.7 Å². The first-order valence-corrected chi connectivity index (χ1v) is 6.37. The van der Waals surface area contributed by atoms with Crippen molar-refractivity contribution in [3.05, 3.63) is 58.7 Å². The second-order valence-electron chi connectivity index (χ2n) is 5.00. The van der Waals surface area contributed by atoms with Gasteiger partial charge in [-0.25, -0.2) is 0 Å². The van der Waals surface area contributed by atoms with E-state index in [1.54, 1.807) is 0 Å². The molecular weight excluding hydrogens is 236 g/mol. The molecule has 2 aromatic rings. The lowest BCUT2D eigenvalue weighted by Crippen LogP contribution is -2.03. The Labute approximate surface area is 113 Å². The Balaban J connectivity index is 2.62. The van der Waals surface area contributed by atoms with Crippen molar-refractivity contribution in [1.82, 2.24) is 0 Å². The fraction of sp³-hybridized carbons (Fsp3) is 0.235. The lowest BCUT2D eigenvalue weighted by Gasteiger charge is -2.14. The third-order valence-electron chi connectivity index (χ3n) is 3.31. The molecule has 0 atom stereocenters. The minimum Gasteiger partial charge on any atom is -0.481 e. The van der Waals surface area contributed by atoms with Crippen LogP contribution in [0.2, 0.25) is 0 Å². The van der Waals surface area contributed by atoms with Gasteiger partial charge in [0.25, 0.3) is 0 Å². The molecule has 2 rings (SSSR count). The molecule has 2 nitrogen and oxygen atoms in total. The van der Waals surface area contributed by atoms with Crippen molar-refractivity contribution in [3.63, 3.8) is 0 Å². The monoisotopic (exact) mass is 254 g/mol. The molecule has 0 aliphatic rings. The molecule has 0 heterocycles. The summed E-state index contributed by atoms with van der Waals surface area (Å²) in [4.78, 5) is 11.0. The number of rotatable bonds is 3. The Kier molecular flexibility index (Phi) is 3.70. The Morgan fingerprint density at radius 2 is 1.63 bits per heavy atom. The molecule has 0 amide bonds. The van der Waals surface area contributed by atoms with Crippen LogP contribution in [0.15, 0.2) is 36.4 Å². The Hall–Kier alpha value is -2.09. The molecule has 0 unspecified atom stereocenters. The molecule has 0 fully saturated rings. The Morgan fingerprint density at radius 3 is 2.21 bits per heavy atom. The summed E-state index contributed by atoms with van der Waals surface area (Å²) < 4.78 is 0. The van der Waals surface area contributed by atoms with Crippen LogP contribution >= 0.6 is 0 Å². The maximum absolute atomic E-state index is 11.0. The van der Waals surface area contributed by atoms with Crippen LogP contribution in [0.4, 0.5) is 0 Å². The van der Waals surface area contributed by atoms with E-state index >= 15 is 0 Å². The average Bonchev–Trinajstić information content (AvgIpc) is 2.29. The molecule has 1 N–H and O–H groups in total. The average molecular weight is 254 g/mol. The van der Waals surface area contributed by atoms with Gasteiger partial charge in [0.05, 0.1) is 6.42 Å². The summed E-state index contributed by atoms with van der Waals surface area (Å²) in [5, 5.41) is 9.02. The van der Waals surface area contributed by atoms with Gasteiger partial charge in [0.1, 0.15) is 0 Å². The van der Waals surface area contributed by atoms with E-state index in [1.807, 2.05) is 24.3 Å². The maximum atomic E-state index is 11.0. The van der Waals surface area contributed by atoms with Gasteiger partial charge in [-0.15, -0.1) is 0 Å². The molecule has 0 aliphatic heterocycles. The fourth-order valence-electron chi connectivity index (χ4n) is 2.69. The number of carboxylic acids is 1. The molecule has 19 heavy (non-hydrogen) atoms. The SMILES string of the molecule is Cc1cc(C)c(-c2ccccc2CC(=O)O)c(C)c1. The van der Waals surface area contributed by atoms with E-state index in [0.29, 0.717) is 0 Å². The molecule has 0 saturated heterocycles. The summed E-state index contributed by atoms with van der Waals surface area (Å²) in [5.74, 6) is -0.796. The standard InChI is InChI=1S/C17H18O2/c1-11-8-12(2)17(13(3)9-11)15-7-5-4-6-14(15)10-16(18)19/h4-9H,10H2,1-3H3,(H,18,19). The molecule has 0 bridgehead atoms. The van der Waals surface area contributed by atoms with Crippen molar-refractivity contribution in [3.8, 4) is 11.1 Å². The van der Waals surface area contributed by atoms with Gasteiger partial charge in [-0.3, -0.25) is 4.79 Å². The Morgan fingerprint density at radius 1 is 1.05 bits per heavy atom. The summed E-state index contributed by atoms with van der Waals surface area (Å²) in [5.41, 5.74) is 6.66. The van der Waals surface area contributed by atoms with Crippen LogP contribution < -0.4 is 0 Å². The number of carbonyl (C=O) groups is 1. The van der Waals surface area contributed by atoms with Crippen LogP contribution in [0, 0.1) is 20.8 Å². The normalized spacial score (nSPS) is 10.5. The summed E-state index contributed by atoms with van der Waals surface area (Å²) in [7, 11) is 0. The molecule has 0 radical (unpaired) electrons. The van der Waals surface area contributed by atoms with Gasteiger partial charge in [0.2, 0.25) is 0 Å². The van der Waals surface area contributed by atoms with E-state index in [0.717, 1.165) is 16.7 Å². The molecule has 2 heteroatoms. The van der Waals surface area contributed by atoms with E-state index in [9.17, 15) is 4.79 Å². The number of aryl methyl sites for hydroxylation is 3. The molecular formula is C17H18O2. The van der Waals surface area contributed by atoms with Crippen LogP contribution in [0.25, 0.3) is 11.1 Å².